The summed E-state index contributed by atoms with van der Waals surface area (Å²) in [6, 6.07) is 6.04. The molecule has 4 heteroatoms. The minimum absolute atomic E-state index is 0.0261. The number of benzene rings is 1. The zero-order valence-corrected chi connectivity index (χ0v) is 10.8. The van der Waals surface area contributed by atoms with E-state index in [-0.39, 0.29) is 12.1 Å². The van der Waals surface area contributed by atoms with Crippen LogP contribution in [0.2, 0.25) is 0 Å². The monoisotopic (exact) mass is 272 g/mol. The quantitative estimate of drug-likeness (QED) is 0.882. The molecule has 1 rings (SSSR count). The largest absolute Gasteiger partial charge is 0.496 e. The van der Waals surface area contributed by atoms with Gasteiger partial charge in [-0.2, -0.15) is 0 Å². The van der Waals surface area contributed by atoms with Gasteiger partial charge in [-0.05, 0) is 32.2 Å². The van der Waals surface area contributed by atoms with E-state index in [0.717, 1.165) is 15.8 Å². The molecule has 0 saturated heterocycles. The molecule has 0 aliphatic carbocycles. The van der Waals surface area contributed by atoms with Crippen LogP contribution in [-0.4, -0.2) is 20.2 Å². The molecule has 1 aromatic rings. The Kier molecular flexibility index (Phi) is 4.57. The van der Waals surface area contributed by atoms with Gasteiger partial charge in [0.05, 0.1) is 13.2 Å². The standard InChI is InChI=1S/C11H17BrN2O/c1-7(13)11(14-2)9-6-8(12)4-5-10(9)15-3/h4-7,11,14H,13H2,1-3H3. The van der Waals surface area contributed by atoms with Gasteiger partial charge in [0, 0.05) is 16.1 Å². The number of hydrogen-bond donors (Lipinski definition) is 2. The van der Waals surface area contributed by atoms with Crippen molar-refractivity contribution in [1.29, 1.82) is 0 Å². The van der Waals surface area contributed by atoms with E-state index in [9.17, 15) is 0 Å². The summed E-state index contributed by atoms with van der Waals surface area (Å²) in [6.07, 6.45) is 0. The van der Waals surface area contributed by atoms with Crippen molar-refractivity contribution in [3.63, 3.8) is 0 Å². The number of nitrogens with two attached hydrogens (primary N) is 1. The molecule has 0 spiro atoms. The Bertz CT molecular complexity index is 328. The van der Waals surface area contributed by atoms with Crippen LogP contribution in [0.5, 0.6) is 5.75 Å². The highest BCUT2D eigenvalue weighted by atomic mass is 79.9. The van der Waals surface area contributed by atoms with Gasteiger partial charge in [-0.15, -0.1) is 0 Å². The van der Waals surface area contributed by atoms with Gasteiger partial charge < -0.3 is 15.8 Å². The van der Waals surface area contributed by atoms with E-state index in [2.05, 4.69) is 21.2 Å². The molecule has 0 saturated carbocycles. The normalized spacial score (nSPS) is 14.7. The third-order valence-electron chi connectivity index (χ3n) is 2.36. The molecular formula is C11H17BrN2O. The molecule has 84 valence electrons. The fourth-order valence-corrected chi connectivity index (χ4v) is 2.03. The minimum Gasteiger partial charge on any atom is -0.496 e. The number of ether oxygens (including phenoxy) is 1. The molecule has 1 aromatic carbocycles. The average molecular weight is 273 g/mol. The van der Waals surface area contributed by atoms with Crippen molar-refractivity contribution < 1.29 is 4.74 Å². The summed E-state index contributed by atoms with van der Waals surface area (Å²) >= 11 is 3.45. The van der Waals surface area contributed by atoms with Crippen LogP contribution in [0, 0.1) is 0 Å². The van der Waals surface area contributed by atoms with Crippen molar-refractivity contribution in [3.05, 3.63) is 28.2 Å². The van der Waals surface area contributed by atoms with Crippen LogP contribution in [0.1, 0.15) is 18.5 Å². The summed E-state index contributed by atoms with van der Waals surface area (Å²) < 4.78 is 6.34. The van der Waals surface area contributed by atoms with Gasteiger partial charge in [0.25, 0.3) is 0 Å². The molecule has 0 bridgehead atoms. The highest BCUT2D eigenvalue weighted by Gasteiger charge is 2.18. The maximum Gasteiger partial charge on any atom is 0.123 e. The lowest BCUT2D eigenvalue weighted by Gasteiger charge is -2.22. The summed E-state index contributed by atoms with van der Waals surface area (Å²) in [6.45, 7) is 1.97. The first-order chi connectivity index (χ1) is 7.10. The van der Waals surface area contributed by atoms with Gasteiger partial charge in [0.15, 0.2) is 0 Å². The molecule has 0 fully saturated rings. The van der Waals surface area contributed by atoms with Gasteiger partial charge in [0.2, 0.25) is 0 Å². The first-order valence-electron chi connectivity index (χ1n) is 4.86. The first-order valence-corrected chi connectivity index (χ1v) is 5.65. The highest BCUT2D eigenvalue weighted by Crippen LogP contribution is 2.29. The summed E-state index contributed by atoms with van der Waals surface area (Å²) in [5.74, 6) is 0.856. The van der Waals surface area contributed by atoms with E-state index in [1.165, 1.54) is 0 Å². The van der Waals surface area contributed by atoms with Crippen LogP contribution in [-0.2, 0) is 0 Å². The molecule has 15 heavy (non-hydrogen) atoms. The summed E-state index contributed by atoms with van der Waals surface area (Å²) in [5.41, 5.74) is 6.99. The SMILES string of the molecule is CNC(c1cc(Br)ccc1OC)C(C)N. The Morgan fingerprint density at radius 3 is 2.60 bits per heavy atom. The fourth-order valence-electron chi connectivity index (χ4n) is 1.65. The molecular weight excluding hydrogens is 256 g/mol. The van der Waals surface area contributed by atoms with Gasteiger partial charge in [0.1, 0.15) is 5.75 Å². The number of nitrogens with one attached hydrogen (secondary N) is 1. The molecule has 0 heterocycles. The van der Waals surface area contributed by atoms with E-state index in [1.807, 2.05) is 32.2 Å². The number of methoxy groups -OCH3 is 1. The Balaban J connectivity index is 3.13. The van der Waals surface area contributed by atoms with Crippen molar-refractivity contribution in [1.82, 2.24) is 5.32 Å². The molecule has 0 aliphatic rings. The summed E-state index contributed by atoms with van der Waals surface area (Å²) in [4.78, 5) is 0. The Labute approximate surface area is 99.1 Å². The predicted molar refractivity (Wildman–Crippen MR) is 66.1 cm³/mol. The minimum atomic E-state index is 0.0261. The Hall–Kier alpha value is -0.580. The van der Waals surface area contributed by atoms with Crippen LogP contribution in [0.25, 0.3) is 0 Å². The summed E-state index contributed by atoms with van der Waals surface area (Å²) in [5, 5.41) is 3.19. The van der Waals surface area contributed by atoms with Gasteiger partial charge in [-0.25, -0.2) is 0 Å². The smallest absolute Gasteiger partial charge is 0.123 e. The predicted octanol–water partition coefficient (Wildman–Crippen LogP) is 2.07. The molecule has 0 aliphatic heterocycles. The van der Waals surface area contributed by atoms with E-state index in [0.29, 0.717) is 0 Å². The van der Waals surface area contributed by atoms with Crippen LogP contribution in [0.15, 0.2) is 22.7 Å². The number of hydrogen-bond acceptors (Lipinski definition) is 3. The van der Waals surface area contributed by atoms with Crippen molar-refractivity contribution in [2.45, 2.75) is 19.0 Å². The van der Waals surface area contributed by atoms with Gasteiger partial charge >= 0.3 is 0 Å². The van der Waals surface area contributed by atoms with Crippen LogP contribution < -0.4 is 15.8 Å². The maximum absolute atomic E-state index is 5.92. The third kappa shape index (κ3) is 2.93. The number of likely N-dealkylation sites (N-methyl/N-ethyl adjacent to an activating group) is 1. The van der Waals surface area contributed by atoms with Crippen molar-refractivity contribution in [2.24, 2.45) is 5.73 Å². The van der Waals surface area contributed by atoms with E-state index in [1.54, 1.807) is 7.11 Å². The molecule has 0 aromatic heterocycles. The van der Waals surface area contributed by atoms with Gasteiger partial charge in [-0.1, -0.05) is 15.9 Å². The van der Waals surface area contributed by atoms with Crippen molar-refractivity contribution >= 4 is 15.9 Å². The lowest BCUT2D eigenvalue weighted by molar-refractivity contribution is 0.394. The van der Waals surface area contributed by atoms with Crippen molar-refractivity contribution in [3.8, 4) is 5.75 Å². The van der Waals surface area contributed by atoms with Crippen LogP contribution >= 0.6 is 15.9 Å². The first kappa shape index (κ1) is 12.5. The number of halogens is 1. The van der Waals surface area contributed by atoms with Gasteiger partial charge in [-0.3, -0.25) is 0 Å². The second kappa shape index (κ2) is 5.49. The van der Waals surface area contributed by atoms with Crippen molar-refractivity contribution in [2.75, 3.05) is 14.2 Å². The fraction of sp³-hybridized carbons (Fsp3) is 0.455. The third-order valence-corrected chi connectivity index (χ3v) is 2.86. The maximum atomic E-state index is 5.92. The van der Waals surface area contributed by atoms with Crippen LogP contribution in [0.4, 0.5) is 0 Å². The second-order valence-corrected chi connectivity index (χ2v) is 4.43. The molecule has 2 unspecified atom stereocenters. The zero-order chi connectivity index (χ0) is 11.4. The molecule has 0 radical (unpaired) electrons. The molecule has 2 atom stereocenters. The Morgan fingerprint density at radius 2 is 2.13 bits per heavy atom. The summed E-state index contributed by atoms with van der Waals surface area (Å²) in [7, 11) is 3.56. The lowest BCUT2D eigenvalue weighted by atomic mass is 10.0. The molecule has 3 N–H and O–H groups in total. The zero-order valence-electron chi connectivity index (χ0n) is 9.25. The van der Waals surface area contributed by atoms with E-state index < -0.39 is 0 Å². The van der Waals surface area contributed by atoms with E-state index in [4.69, 9.17) is 10.5 Å². The number of rotatable bonds is 4. The second-order valence-electron chi connectivity index (χ2n) is 3.51. The Morgan fingerprint density at radius 1 is 1.47 bits per heavy atom. The lowest BCUT2D eigenvalue weighted by Crippen LogP contribution is -2.33. The molecule has 0 amide bonds. The topological polar surface area (TPSA) is 47.3 Å². The highest BCUT2D eigenvalue weighted by molar-refractivity contribution is 9.10. The van der Waals surface area contributed by atoms with E-state index >= 15 is 0 Å². The molecule has 3 nitrogen and oxygen atoms in total. The average Bonchev–Trinajstić information content (AvgIpc) is 2.18. The van der Waals surface area contributed by atoms with Crippen LogP contribution in [0.3, 0.4) is 0 Å².